The zero-order valence-corrected chi connectivity index (χ0v) is 14.9. The summed E-state index contributed by atoms with van der Waals surface area (Å²) in [5.41, 5.74) is 0. The van der Waals surface area contributed by atoms with E-state index in [0.717, 1.165) is 4.88 Å². The van der Waals surface area contributed by atoms with Crippen LogP contribution in [-0.4, -0.2) is 68.4 Å². The normalized spacial score (nSPS) is 15.7. The molecule has 0 saturated carbocycles. The van der Waals surface area contributed by atoms with Crippen LogP contribution in [0.2, 0.25) is 4.47 Å². The Morgan fingerprint density at radius 2 is 2.08 bits per heavy atom. The molecule has 26 heavy (non-hydrogen) atoms. The molecule has 0 atom stereocenters. The van der Waals surface area contributed by atoms with Gasteiger partial charge in [-0.1, -0.05) is 11.6 Å². The number of halogens is 1. The van der Waals surface area contributed by atoms with E-state index in [-0.39, 0.29) is 19.4 Å². The highest BCUT2D eigenvalue weighted by atomic mass is 35.5. The number of hydrogen-bond acceptors (Lipinski definition) is 7. The Kier molecular flexibility index (Phi) is 8.41. The first kappa shape index (κ1) is 21.3. The average Bonchev–Trinajstić information content (AvgIpc) is 2.94. The van der Waals surface area contributed by atoms with Crippen LogP contribution in [0.5, 0.6) is 0 Å². The minimum Gasteiger partial charge on any atom is -0.478 e. The fraction of sp³-hybridized carbons (Fsp3) is 0.333. The lowest BCUT2D eigenvalue weighted by Gasteiger charge is -2.34. The van der Waals surface area contributed by atoms with Crippen LogP contribution in [0.25, 0.3) is 0 Å². The fourth-order valence-corrected chi connectivity index (χ4v) is 2.65. The van der Waals surface area contributed by atoms with Crippen molar-refractivity contribution in [1.82, 2.24) is 14.8 Å². The molecule has 142 valence electrons. The van der Waals surface area contributed by atoms with Gasteiger partial charge in [-0.2, -0.15) is 0 Å². The molecule has 1 aromatic rings. The van der Waals surface area contributed by atoms with Crippen LogP contribution in [0.3, 0.4) is 0 Å². The summed E-state index contributed by atoms with van der Waals surface area (Å²) in [5.74, 6) is -2.25. The van der Waals surface area contributed by atoms with E-state index < -0.39 is 17.0 Å². The van der Waals surface area contributed by atoms with E-state index in [4.69, 9.17) is 26.6 Å². The first-order valence-electron chi connectivity index (χ1n) is 6.70. The maximum absolute atomic E-state index is 10.5. The Bertz CT molecular complexity index is 707. The highest BCUT2D eigenvalue weighted by Gasteiger charge is 2.25. The molecule has 14 heteroatoms. The van der Waals surface area contributed by atoms with Gasteiger partial charge < -0.3 is 24.7 Å². The molecule has 12 nitrogen and oxygen atoms in total. The van der Waals surface area contributed by atoms with Gasteiger partial charge in [-0.05, 0) is 0 Å². The summed E-state index contributed by atoms with van der Waals surface area (Å²) in [7, 11) is 1.67. The summed E-state index contributed by atoms with van der Waals surface area (Å²) in [5, 5.41) is 28.8. The van der Waals surface area contributed by atoms with E-state index in [1.54, 1.807) is 23.0 Å². The third-order valence-corrected chi connectivity index (χ3v) is 3.67. The van der Waals surface area contributed by atoms with Crippen molar-refractivity contribution in [1.29, 1.82) is 0 Å². The molecule has 0 radical (unpaired) electrons. The predicted octanol–water partition coefficient (Wildman–Crippen LogP) is 0.735. The Morgan fingerprint density at radius 1 is 1.46 bits per heavy atom. The average molecular weight is 408 g/mol. The first-order chi connectivity index (χ1) is 12.2. The van der Waals surface area contributed by atoms with Gasteiger partial charge in [-0.15, -0.1) is 11.3 Å². The van der Waals surface area contributed by atoms with Crippen LogP contribution in [-0.2, 0) is 20.9 Å². The fourth-order valence-electron chi connectivity index (χ4n) is 1.66. The van der Waals surface area contributed by atoms with Crippen LogP contribution >= 0.6 is 22.9 Å². The Balaban J connectivity index is 0.000000359. The smallest absolute Gasteiger partial charge is 0.328 e. The highest BCUT2D eigenvalue weighted by molar-refractivity contribution is 7.15. The van der Waals surface area contributed by atoms with E-state index in [1.807, 2.05) is 0 Å². The number of ether oxygens (including phenoxy) is 1. The van der Waals surface area contributed by atoms with Crippen molar-refractivity contribution in [3.63, 3.8) is 0 Å². The number of carboxylic acid groups (broad SMARTS) is 2. The molecule has 0 aromatic carbocycles. The third kappa shape index (κ3) is 7.87. The van der Waals surface area contributed by atoms with Crippen molar-refractivity contribution in [3.05, 3.63) is 37.8 Å². The Labute approximate surface area is 155 Å². The van der Waals surface area contributed by atoms with Gasteiger partial charge in [0.25, 0.3) is 5.96 Å². The second-order valence-corrected chi connectivity index (χ2v) is 6.28. The topological polar surface area (TPSA) is 159 Å². The molecule has 0 bridgehead atoms. The number of nitrogens with zero attached hydrogens (tertiary/aromatic N) is 5. The summed E-state index contributed by atoms with van der Waals surface area (Å²) in [6.07, 6.45) is 2.75. The molecule has 1 aliphatic heterocycles. The van der Waals surface area contributed by atoms with Gasteiger partial charge in [0.1, 0.15) is 18.6 Å². The quantitative estimate of drug-likeness (QED) is 0.404. The molecule has 2 rings (SSSR count). The summed E-state index contributed by atoms with van der Waals surface area (Å²) < 4.78 is 5.72. The van der Waals surface area contributed by atoms with Crippen molar-refractivity contribution in [3.8, 4) is 0 Å². The van der Waals surface area contributed by atoms with Crippen LogP contribution in [0.1, 0.15) is 4.88 Å². The molecule has 1 saturated heterocycles. The molecule has 1 aromatic heterocycles. The molecule has 2 heterocycles. The molecule has 1 fully saturated rings. The van der Waals surface area contributed by atoms with E-state index in [9.17, 15) is 19.7 Å². The lowest BCUT2D eigenvalue weighted by molar-refractivity contribution is -0.486. The van der Waals surface area contributed by atoms with Gasteiger partial charge in [0.05, 0.1) is 6.54 Å². The first-order valence-corrected chi connectivity index (χ1v) is 7.89. The zero-order valence-electron chi connectivity index (χ0n) is 13.3. The van der Waals surface area contributed by atoms with E-state index in [1.165, 1.54) is 11.3 Å². The second-order valence-electron chi connectivity index (χ2n) is 4.59. The Hall–Kier alpha value is -2.77. The number of aliphatic carboxylic acids is 2. The van der Waals surface area contributed by atoms with Crippen molar-refractivity contribution in [2.24, 2.45) is 5.10 Å². The number of carbonyl (C=O) groups is 2. The predicted molar refractivity (Wildman–Crippen MR) is 90.1 cm³/mol. The zero-order chi connectivity index (χ0) is 19.7. The summed E-state index contributed by atoms with van der Waals surface area (Å²) >= 11 is 7.05. The van der Waals surface area contributed by atoms with Gasteiger partial charge in [-0.25, -0.2) is 24.7 Å². The lowest BCUT2D eigenvalue weighted by atomic mass is 10.5. The minimum absolute atomic E-state index is 0.243. The summed E-state index contributed by atoms with van der Waals surface area (Å²) in [6, 6.07) is 0. The number of carboxylic acids is 2. The molecule has 0 amide bonds. The van der Waals surface area contributed by atoms with Gasteiger partial charge in [-0.3, -0.25) is 0 Å². The number of rotatable bonds is 5. The van der Waals surface area contributed by atoms with Crippen LogP contribution in [0.15, 0.2) is 23.5 Å². The SMILES string of the molecule is CN1COCN(Cc2cnc(Cl)s2)C1=N[N+](=O)[O-].O=C(O)/C=C/C(=O)O. The third-order valence-electron chi connectivity index (χ3n) is 2.57. The number of guanidine groups is 1. The Morgan fingerprint density at radius 3 is 2.54 bits per heavy atom. The van der Waals surface area contributed by atoms with Gasteiger partial charge >= 0.3 is 11.9 Å². The summed E-state index contributed by atoms with van der Waals surface area (Å²) in [4.78, 5) is 37.6. The molecule has 1 aliphatic rings. The van der Waals surface area contributed by atoms with Crippen LogP contribution in [0.4, 0.5) is 0 Å². The second kappa shape index (κ2) is 10.3. The van der Waals surface area contributed by atoms with E-state index >= 15 is 0 Å². The summed E-state index contributed by atoms with van der Waals surface area (Å²) in [6.45, 7) is 0.931. The van der Waals surface area contributed by atoms with E-state index in [0.29, 0.717) is 23.2 Å². The maximum Gasteiger partial charge on any atom is 0.328 e. The highest BCUT2D eigenvalue weighted by Crippen LogP contribution is 2.20. The molecule has 0 unspecified atom stereocenters. The molecular formula is C12H14ClN5O7S. The molecule has 2 N–H and O–H groups in total. The molecular weight excluding hydrogens is 394 g/mol. The molecule has 0 aliphatic carbocycles. The largest absolute Gasteiger partial charge is 0.478 e. The minimum atomic E-state index is -1.26. The van der Waals surface area contributed by atoms with Crippen molar-refractivity contribution < 1.29 is 29.6 Å². The van der Waals surface area contributed by atoms with Gasteiger partial charge in [0, 0.05) is 30.3 Å². The maximum atomic E-state index is 10.5. The molecule has 0 spiro atoms. The number of aromatic nitrogens is 1. The number of nitro groups is 1. The standard InChI is InChI=1S/C8H10ClN5O3S.C4H4O4/c1-12-4-17-5-13(8(12)11-14(15)16)3-6-2-10-7(9)18-6;5-3(6)1-2-4(7)8/h2H,3-5H2,1H3;1-2H,(H,5,6)(H,7,8)/b;2-1+. The monoisotopic (exact) mass is 407 g/mol. The number of hydrazone groups is 1. The van der Waals surface area contributed by atoms with Crippen molar-refractivity contribution >= 4 is 40.8 Å². The van der Waals surface area contributed by atoms with E-state index in [2.05, 4.69) is 10.1 Å². The van der Waals surface area contributed by atoms with Crippen LogP contribution in [0, 0.1) is 10.1 Å². The number of thiazole rings is 1. The lowest BCUT2D eigenvalue weighted by Crippen LogP contribution is -2.49. The van der Waals surface area contributed by atoms with Crippen molar-refractivity contribution in [2.75, 3.05) is 20.5 Å². The van der Waals surface area contributed by atoms with Crippen molar-refractivity contribution in [2.45, 2.75) is 6.54 Å². The number of hydrogen-bond donors (Lipinski definition) is 2. The van der Waals surface area contributed by atoms with Gasteiger partial charge in [0.2, 0.25) is 0 Å². The van der Waals surface area contributed by atoms with Gasteiger partial charge in [0.15, 0.2) is 9.50 Å². The van der Waals surface area contributed by atoms with Crippen LogP contribution < -0.4 is 0 Å².